The van der Waals surface area contributed by atoms with E-state index >= 15 is 0 Å². The highest BCUT2D eigenvalue weighted by Crippen LogP contribution is 2.18. The van der Waals surface area contributed by atoms with Crippen LogP contribution in [0, 0.1) is 5.92 Å². The molecule has 1 amide bonds. The van der Waals surface area contributed by atoms with Gasteiger partial charge in [-0.05, 0) is 18.6 Å². The lowest BCUT2D eigenvalue weighted by molar-refractivity contribution is -0.147. The predicted octanol–water partition coefficient (Wildman–Crippen LogP) is 0.880. The van der Waals surface area contributed by atoms with E-state index < -0.39 is 11.9 Å². The van der Waals surface area contributed by atoms with Crippen molar-refractivity contribution in [1.29, 1.82) is 0 Å². The highest BCUT2D eigenvalue weighted by molar-refractivity contribution is 5.80. The molecule has 0 radical (unpaired) electrons. The summed E-state index contributed by atoms with van der Waals surface area (Å²) in [6.07, 6.45) is 3.40. The molecule has 5 heteroatoms. The van der Waals surface area contributed by atoms with Gasteiger partial charge in [0, 0.05) is 37.8 Å². The van der Waals surface area contributed by atoms with E-state index in [1.807, 2.05) is 18.3 Å². The molecule has 2 heterocycles. The van der Waals surface area contributed by atoms with Crippen molar-refractivity contribution in [3.05, 3.63) is 24.0 Å². The first kappa shape index (κ1) is 11.7. The zero-order chi connectivity index (χ0) is 12.3. The van der Waals surface area contributed by atoms with Crippen molar-refractivity contribution in [3.63, 3.8) is 0 Å². The number of amides is 1. The van der Waals surface area contributed by atoms with Crippen LogP contribution in [-0.2, 0) is 16.0 Å². The topological polar surface area (TPSA) is 73.4 Å². The molecule has 1 fully saturated rings. The van der Waals surface area contributed by atoms with Crippen molar-refractivity contribution in [2.24, 2.45) is 5.92 Å². The molecule has 1 unspecified atom stereocenters. The number of piperidine rings is 1. The van der Waals surface area contributed by atoms with Gasteiger partial charge in [-0.15, -0.1) is 0 Å². The number of aliphatic carboxylic acids is 1. The number of likely N-dealkylation sites (tertiary alicyclic amines) is 1. The standard InChI is InChI=1S/C12H16N2O3/c15-11-4-3-9(12(16)17)8-14(11)7-5-10-2-1-6-13-10/h1-2,6,9,13H,3-5,7-8H2,(H,16,17). The minimum Gasteiger partial charge on any atom is -0.481 e. The number of hydrogen-bond donors (Lipinski definition) is 2. The minimum atomic E-state index is -0.803. The van der Waals surface area contributed by atoms with Gasteiger partial charge >= 0.3 is 5.97 Å². The molecule has 1 saturated heterocycles. The van der Waals surface area contributed by atoms with Gasteiger partial charge in [0.25, 0.3) is 0 Å². The van der Waals surface area contributed by atoms with E-state index in [1.165, 1.54) is 0 Å². The Kier molecular flexibility index (Phi) is 3.46. The van der Waals surface area contributed by atoms with Crippen LogP contribution in [0.4, 0.5) is 0 Å². The zero-order valence-corrected chi connectivity index (χ0v) is 9.56. The zero-order valence-electron chi connectivity index (χ0n) is 9.56. The SMILES string of the molecule is O=C(O)C1CCC(=O)N(CCc2ccc[nH]2)C1. The molecule has 17 heavy (non-hydrogen) atoms. The third-order valence-corrected chi connectivity index (χ3v) is 3.16. The molecule has 1 aliphatic heterocycles. The van der Waals surface area contributed by atoms with Gasteiger partial charge in [-0.3, -0.25) is 9.59 Å². The number of rotatable bonds is 4. The van der Waals surface area contributed by atoms with Crippen LogP contribution in [0.2, 0.25) is 0 Å². The third-order valence-electron chi connectivity index (χ3n) is 3.16. The van der Waals surface area contributed by atoms with Gasteiger partial charge in [0.05, 0.1) is 5.92 Å². The lowest BCUT2D eigenvalue weighted by Gasteiger charge is -2.30. The monoisotopic (exact) mass is 236 g/mol. The molecule has 0 spiro atoms. The van der Waals surface area contributed by atoms with E-state index in [0.717, 1.165) is 12.1 Å². The van der Waals surface area contributed by atoms with Crippen LogP contribution in [0.1, 0.15) is 18.5 Å². The quantitative estimate of drug-likeness (QED) is 0.815. The van der Waals surface area contributed by atoms with Crippen molar-refractivity contribution in [2.75, 3.05) is 13.1 Å². The molecule has 1 aromatic heterocycles. The third kappa shape index (κ3) is 2.87. The van der Waals surface area contributed by atoms with E-state index in [2.05, 4.69) is 4.98 Å². The highest BCUT2D eigenvalue weighted by atomic mass is 16.4. The Morgan fingerprint density at radius 3 is 3.06 bits per heavy atom. The smallest absolute Gasteiger partial charge is 0.308 e. The number of carboxylic acid groups (broad SMARTS) is 1. The first-order chi connectivity index (χ1) is 8.16. The molecule has 5 nitrogen and oxygen atoms in total. The van der Waals surface area contributed by atoms with Gasteiger partial charge < -0.3 is 15.0 Å². The number of nitrogens with one attached hydrogen (secondary N) is 1. The van der Waals surface area contributed by atoms with E-state index in [9.17, 15) is 9.59 Å². The molecule has 1 aliphatic rings. The largest absolute Gasteiger partial charge is 0.481 e. The van der Waals surface area contributed by atoms with Crippen LogP contribution in [0.3, 0.4) is 0 Å². The summed E-state index contributed by atoms with van der Waals surface area (Å²) >= 11 is 0. The van der Waals surface area contributed by atoms with Crippen LogP contribution < -0.4 is 0 Å². The summed E-state index contributed by atoms with van der Waals surface area (Å²) in [5.74, 6) is -1.15. The van der Waals surface area contributed by atoms with Crippen molar-refractivity contribution in [2.45, 2.75) is 19.3 Å². The van der Waals surface area contributed by atoms with E-state index in [-0.39, 0.29) is 5.91 Å². The average molecular weight is 236 g/mol. The highest BCUT2D eigenvalue weighted by Gasteiger charge is 2.29. The van der Waals surface area contributed by atoms with Crippen molar-refractivity contribution < 1.29 is 14.7 Å². The Bertz CT molecular complexity index is 400. The molecule has 0 bridgehead atoms. The van der Waals surface area contributed by atoms with Crippen LogP contribution in [0.25, 0.3) is 0 Å². The summed E-state index contributed by atoms with van der Waals surface area (Å²) < 4.78 is 0. The Hall–Kier alpha value is -1.78. The fraction of sp³-hybridized carbons (Fsp3) is 0.500. The molecule has 1 aromatic rings. The maximum Gasteiger partial charge on any atom is 0.308 e. The number of aromatic amines is 1. The fourth-order valence-corrected chi connectivity index (χ4v) is 2.11. The van der Waals surface area contributed by atoms with Gasteiger partial charge in [0.1, 0.15) is 0 Å². The molecule has 0 saturated carbocycles. The average Bonchev–Trinajstić information content (AvgIpc) is 2.80. The van der Waals surface area contributed by atoms with Gasteiger partial charge in [-0.25, -0.2) is 0 Å². The first-order valence-corrected chi connectivity index (χ1v) is 5.79. The lowest BCUT2D eigenvalue weighted by Crippen LogP contribution is -2.43. The second-order valence-electron chi connectivity index (χ2n) is 4.36. The maximum absolute atomic E-state index is 11.6. The number of hydrogen-bond acceptors (Lipinski definition) is 2. The van der Waals surface area contributed by atoms with Gasteiger partial charge in [-0.1, -0.05) is 0 Å². The summed E-state index contributed by atoms with van der Waals surface area (Å²) in [5, 5.41) is 8.95. The molecular weight excluding hydrogens is 220 g/mol. The molecule has 1 atom stereocenters. The van der Waals surface area contributed by atoms with Crippen molar-refractivity contribution in [1.82, 2.24) is 9.88 Å². The lowest BCUT2D eigenvalue weighted by atomic mass is 9.97. The van der Waals surface area contributed by atoms with Crippen LogP contribution >= 0.6 is 0 Å². The number of carboxylic acids is 1. The number of H-pyrrole nitrogens is 1. The van der Waals surface area contributed by atoms with Crippen molar-refractivity contribution >= 4 is 11.9 Å². The summed E-state index contributed by atoms with van der Waals surface area (Å²) in [7, 11) is 0. The van der Waals surface area contributed by atoms with Crippen LogP contribution in [0.15, 0.2) is 18.3 Å². The van der Waals surface area contributed by atoms with Crippen molar-refractivity contribution in [3.8, 4) is 0 Å². The molecule has 92 valence electrons. The second-order valence-corrected chi connectivity index (χ2v) is 4.36. The summed E-state index contributed by atoms with van der Waals surface area (Å²) in [4.78, 5) is 27.3. The Labute approximate surface area is 99.4 Å². The molecular formula is C12H16N2O3. The van der Waals surface area contributed by atoms with Crippen LogP contribution in [0.5, 0.6) is 0 Å². The molecule has 0 aromatic carbocycles. The van der Waals surface area contributed by atoms with Crippen LogP contribution in [-0.4, -0.2) is 40.0 Å². The number of aromatic nitrogens is 1. The van der Waals surface area contributed by atoms with Gasteiger partial charge in [0.2, 0.25) is 5.91 Å². The molecule has 2 N–H and O–H groups in total. The van der Waals surface area contributed by atoms with Gasteiger partial charge in [-0.2, -0.15) is 0 Å². The summed E-state index contributed by atoms with van der Waals surface area (Å²) in [6.45, 7) is 0.929. The normalized spacial score (nSPS) is 20.6. The number of carbonyl (C=O) groups excluding carboxylic acids is 1. The predicted molar refractivity (Wildman–Crippen MR) is 61.4 cm³/mol. The maximum atomic E-state index is 11.6. The number of carbonyl (C=O) groups is 2. The molecule has 2 rings (SSSR count). The Balaban J connectivity index is 1.89. The Morgan fingerprint density at radius 2 is 2.41 bits per heavy atom. The summed E-state index contributed by atoms with van der Waals surface area (Å²) in [5.41, 5.74) is 1.07. The summed E-state index contributed by atoms with van der Waals surface area (Å²) in [6, 6.07) is 3.87. The minimum absolute atomic E-state index is 0.0639. The van der Waals surface area contributed by atoms with Gasteiger partial charge in [0.15, 0.2) is 0 Å². The van der Waals surface area contributed by atoms with E-state index in [4.69, 9.17) is 5.11 Å². The second kappa shape index (κ2) is 5.03. The van der Waals surface area contributed by atoms with E-state index in [1.54, 1.807) is 4.90 Å². The molecule has 0 aliphatic carbocycles. The fourth-order valence-electron chi connectivity index (χ4n) is 2.11. The Morgan fingerprint density at radius 1 is 1.59 bits per heavy atom. The van der Waals surface area contributed by atoms with E-state index in [0.29, 0.717) is 25.9 Å². The first-order valence-electron chi connectivity index (χ1n) is 5.79. The number of nitrogens with zero attached hydrogens (tertiary/aromatic N) is 1.